The maximum absolute atomic E-state index is 12.2. The first-order valence-corrected chi connectivity index (χ1v) is 10.2. The van der Waals surface area contributed by atoms with Crippen molar-refractivity contribution in [3.8, 4) is 0 Å². The molecule has 0 aliphatic carbocycles. The van der Waals surface area contributed by atoms with Crippen LogP contribution in [0.2, 0.25) is 0 Å². The molecule has 160 valence electrons. The van der Waals surface area contributed by atoms with Crippen LogP contribution in [0.25, 0.3) is 0 Å². The summed E-state index contributed by atoms with van der Waals surface area (Å²) in [7, 11) is 0. The summed E-state index contributed by atoms with van der Waals surface area (Å²) >= 11 is 0. The van der Waals surface area contributed by atoms with Gasteiger partial charge in [-0.3, -0.25) is 29.2 Å². The summed E-state index contributed by atoms with van der Waals surface area (Å²) in [5.74, 6) is 1.07. The van der Waals surface area contributed by atoms with Gasteiger partial charge in [-0.05, 0) is 29.4 Å². The largest absolute Gasteiger partial charge is 0.350 e. The van der Waals surface area contributed by atoms with Gasteiger partial charge < -0.3 is 5.32 Å². The summed E-state index contributed by atoms with van der Waals surface area (Å²) in [6.07, 6.45) is 2.37. The molecule has 0 saturated carbocycles. The topological polar surface area (TPSA) is 97.5 Å². The molecule has 1 aliphatic rings. The van der Waals surface area contributed by atoms with Gasteiger partial charge in [0.2, 0.25) is 5.91 Å². The van der Waals surface area contributed by atoms with Crippen LogP contribution in [0.3, 0.4) is 0 Å². The van der Waals surface area contributed by atoms with E-state index < -0.39 is 10.5 Å². The molecule has 1 aromatic carbocycles. The van der Waals surface area contributed by atoms with Crippen molar-refractivity contribution in [1.29, 1.82) is 0 Å². The predicted molar refractivity (Wildman–Crippen MR) is 114 cm³/mol. The van der Waals surface area contributed by atoms with E-state index in [0.717, 1.165) is 59.9 Å². The highest BCUT2D eigenvalue weighted by Crippen LogP contribution is 2.22. The van der Waals surface area contributed by atoms with E-state index in [1.54, 1.807) is 0 Å². The molecule has 1 fully saturated rings. The second-order valence-electron chi connectivity index (χ2n) is 8.34. The van der Waals surface area contributed by atoms with Gasteiger partial charge in [0.15, 0.2) is 0 Å². The molecule has 1 aromatic heterocycles. The van der Waals surface area contributed by atoms with Crippen LogP contribution >= 0.6 is 0 Å². The molecule has 3 rings (SSSR count). The van der Waals surface area contributed by atoms with Crippen LogP contribution in [-0.4, -0.2) is 33.4 Å². The van der Waals surface area contributed by atoms with E-state index in [-0.39, 0.29) is 18.1 Å². The number of aromatic nitrogens is 1. The minimum atomic E-state index is -0.597. The van der Waals surface area contributed by atoms with Gasteiger partial charge in [0.1, 0.15) is 6.54 Å². The summed E-state index contributed by atoms with van der Waals surface area (Å²) in [5.41, 5.74) is 1.52. The second-order valence-corrected chi connectivity index (χ2v) is 8.34. The van der Waals surface area contributed by atoms with E-state index in [1.807, 2.05) is 12.1 Å². The standard InChI is InChI=1S/C22H28N4O4/c1-16-9-17(2)12-24(11-16)13-19-5-3-18(4-6-19)10-23-21(27)15-25-14-20(26(29)30)7-8-22(25)28/h3-8,14,16-17H,9-13,15H2,1-2H3,(H,23,27). The molecule has 2 heterocycles. The fraction of sp³-hybridized carbons (Fsp3) is 0.455. The van der Waals surface area contributed by atoms with Crippen molar-refractivity contribution in [2.24, 2.45) is 11.8 Å². The van der Waals surface area contributed by atoms with Crippen molar-refractivity contribution in [2.75, 3.05) is 13.1 Å². The van der Waals surface area contributed by atoms with Crippen LogP contribution in [0.1, 0.15) is 31.4 Å². The normalized spacial score (nSPS) is 19.4. The zero-order valence-corrected chi connectivity index (χ0v) is 17.4. The minimum absolute atomic E-state index is 0.226. The SMILES string of the molecule is CC1CC(C)CN(Cc2ccc(CNC(=O)Cn3cc([N+](=O)[O-])ccc3=O)cc2)C1. The number of rotatable bonds is 7. The monoisotopic (exact) mass is 412 g/mol. The summed E-state index contributed by atoms with van der Waals surface area (Å²) in [4.78, 5) is 36.7. The molecular weight excluding hydrogens is 384 g/mol. The average Bonchev–Trinajstić information content (AvgIpc) is 2.68. The number of hydrogen-bond donors (Lipinski definition) is 1. The molecule has 0 spiro atoms. The van der Waals surface area contributed by atoms with Crippen molar-refractivity contribution in [3.05, 3.63) is 74.2 Å². The van der Waals surface area contributed by atoms with Crippen molar-refractivity contribution in [3.63, 3.8) is 0 Å². The number of amides is 1. The van der Waals surface area contributed by atoms with Gasteiger partial charge in [-0.15, -0.1) is 0 Å². The first-order valence-electron chi connectivity index (χ1n) is 10.2. The van der Waals surface area contributed by atoms with Crippen LogP contribution in [-0.2, 0) is 24.4 Å². The molecule has 8 nitrogen and oxygen atoms in total. The second kappa shape index (κ2) is 9.67. The summed E-state index contributed by atoms with van der Waals surface area (Å²) in [5, 5.41) is 13.6. The Kier molecular flexibility index (Phi) is 6.99. The van der Waals surface area contributed by atoms with Crippen molar-refractivity contribution >= 4 is 11.6 Å². The van der Waals surface area contributed by atoms with Gasteiger partial charge in [-0.2, -0.15) is 0 Å². The number of pyridine rings is 1. The number of nitrogens with one attached hydrogen (secondary N) is 1. The molecule has 2 atom stereocenters. The first-order chi connectivity index (χ1) is 14.3. The van der Waals surface area contributed by atoms with Crippen LogP contribution < -0.4 is 10.9 Å². The Morgan fingerprint density at radius 1 is 1.10 bits per heavy atom. The van der Waals surface area contributed by atoms with Gasteiger partial charge >= 0.3 is 0 Å². The van der Waals surface area contributed by atoms with Gasteiger partial charge in [0.05, 0.1) is 11.1 Å². The summed E-state index contributed by atoms with van der Waals surface area (Å²) in [6.45, 7) is 7.85. The summed E-state index contributed by atoms with van der Waals surface area (Å²) in [6, 6.07) is 10.4. The van der Waals surface area contributed by atoms with Gasteiger partial charge in [-0.1, -0.05) is 38.1 Å². The Bertz CT molecular complexity index is 944. The van der Waals surface area contributed by atoms with Crippen molar-refractivity contribution in [1.82, 2.24) is 14.8 Å². The minimum Gasteiger partial charge on any atom is -0.350 e. The fourth-order valence-corrected chi connectivity index (χ4v) is 4.10. The van der Waals surface area contributed by atoms with Crippen LogP contribution in [0, 0.1) is 22.0 Å². The molecule has 30 heavy (non-hydrogen) atoms. The van der Waals surface area contributed by atoms with Crippen LogP contribution in [0.5, 0.6) is 0 Å². The highest BCUT2D eigenvalue weighted by molar-refractivity contribution is 5.75. The maximum Gasteiger partial charge on any atom is 0.285 e. The number of piperidine rings is 1. The van der Waals surface area contributed by atoms with E-state index in [4.69, 9.17) is 0 Å². The zero-order valence-electron chi connectivity index (χ0n) is 17.4. The Morgan fingerprint density at radius 2 is 1.73 bits per heavy atom. The Hall–Kier alpha value is -3.00. The lowest BCUT2D eigenvalue weighted by Gasteiger charge is -2.35. The third-order valence-electron chi connectivity index (χ3n) is 5.36. The quantitative estimate of drug-likeness (QED) is 0.557. The number of likely N-dealkylation sites (tertiary alicyclic amines) is 1. The van der Waals surface area contributed by atoms with Crippen LogP contribution in [0.4, 0.5) is 5.69 Å². The molecule has 8 heteroatoms. The predicted octanol–water partition coefficient (Wildman–Crippen LogP) is 2.55. The number of benzene rings is 1. The molecule has 1 saturated heterocycles. The Labute approximate surface area is 175 Å². The number of nitrogens with zero attached hydrogens (tertiary/aromatic N) is 3. The van der Waals surface area contributed by atoms with Crippen LogP contribution in [0.15, 0.2) is 47.4 Å². The molecule has 1 amide bonds. The number of carbonyl (C=O) groups is 1. The smallest absolute Gasteiger partial charge is 0.285 e. The van der Waals surface area contributed by atoms with Crippen molar-refractivity contribution < 1.29 is 9.72 Å². The lowest BCUT2D eigenvalue weighted by Crippen LogP contribution is -2.38. The lowest BCUT2D eigenvalue weighted by atomic mass is 9.91. The Morgan fingerprint density at radius 3 is 2.37 bits per heavy atom. The van der Waals surface area contributed by atoms with E-state index >= 15 is 0 Å². The molecule has 1 N–H and O–H groups in total. The number of nitro groups is 1. The zero-order chi connectivity index (χ0) is 21.7. The maximum atomic E-state index is 12.2. The molecule has 1 aliphatic heterocycles. The molecular formula is C22H28N4O4. The van der Waals surface area contributed by atoms with E-state index in [0.29, 0.717) is 6.54 Å². The molecule has 0 radical (unpaired) electrons. The summed E-state index contributed by atoms with van der Waals surface area (Å²) < 4.78 is 1.04. The van der Waals surface area contributed by atoms with Gasteiger partial charge in [0.25, 0.3) is 11.2 Å². The van der Waals surface area contributed by atoms with E-state index in [1.165, 1.54) is 12.0 Å². The lowest BCUT2D eigenvalue weighted by molar-refractivity contribution is -0.385. The van der Waals surface area contributed by atoms with Gasteiger partial charge in [-0.25, -0.2) is 0 Å². The number of hydrogen-bond acceptors (Lipinski definition) is 5. The van der Waals surface area contributed by atoms with Gasteiger partial charge in [0, 0.05) is 38.3 Å². The highest BCUT2D eigenvalue weighted by Gasteiger charge is 2.21. The van der Waals surface area contributed by atoms with E-state index in [9.17, 15) is 19.7 Å². The third-order valence-corrected chi connectivity index (χ3v) is 5.36. The highest BCUT2D eigenvalue weighted by atomic mass is 16.6. The molecule has 2 unspecified atom stereocenters. The number of carbonyl (C=O) groups excluding carboxylic acids is 1. The average molecular weight is 412 g/mol. The van der Waals surface area contributed by atoms with Crippen molar-refractivity contribution in [2.45, 2.75) is 39.9 Å². The first kappa shape index (κ1) is 21.7. The van der Waals surface area contributed by atoms with E-state index in [2.05, 4.69) is 36.2 Å². The fourth-order valence-electron chi connectivity index (χ4n) is 4.10. The molecule has 2 aromatic rings. The Balaban J connectivity index is 1.51. The molecule has 0 bridgehead atoms. The third kappa shape index (κ3) is 6.00.